The molecule has 98 valence electrons. The van der Waals surface area contributed by atoms with Crippen LogP contribution in [0.2, 0.25) is 0 Å². The van der Waals surface area contributed by atoms with Crippen LogP contribution in [0.3, 0.4) is 0 Å². The van der Waals surface area contributed by atoms with Gasteiger partial charge in [0.05, 0.1) is 7.11 Å². The second kappa shape index (κ2) is 5.00. The van der Waals surface area contributed by atoms with Gasteiger partial charge in [0.25, 0.3) is 0 Å². The fourth-order valence-corrected chi connectivity index (χ4v) is 3.05. The van der Waals surface area contributed by atoms with Crippen molar-refractivity contribution in [3.63, 3.8) is 0 Å². The normalized spacial score (nSPS) is 23.7. The average molecular weight is 248 g/mol. The molecule has 0 spiro atoms. The van der Waals surface area contributed by atoms with Crippen molar-refractivity contribution in [2.24, 2.45) is 5.92 Å². The van der Waals surface area contributed by atoms with Crippen LogP contribution in [0.5, 0.6) is 5.88 Å². The Kier molecular flexibility index (Phi) is 3.21. The maximum atomic E-state index is 5.24. The summed E-state index contributed by atoms with van der Waals surface area (Å²) >= 11 is 0. The van der Waals surface area contributed by atoms with E-state index in [2.05, 4.69) is 20.6 Å². The van der Waals surface area contributed by atoms with E-state index < -0.39 is 0 Å². The van der Waals surface area contributed by atoms with E-state index in [0.29, 0.717) is 11.9 Å². The molecule has 1 aromatic heterocycles. The summed E-state index contributed by atoms with van der Waals surface area (Å²) in [6.45, 7) is 0.932. The topological polar surface area (TPSA) is 59.1 Å². The van der Waals surface area contributed by atoms with Gasteiger partial charge in [-0.3, -0.25) is 0 Å². The minimum absolute atomic E-state index is 0.484. The van der Waals surface area contributed by atoms with E-state index in [1.54, 1.807) is 13.4 Å². The van der Waals surface area contributed by atoms with Crippen molar-refractivity contribution in [2.75, 3.05) is 24.3 Å². The molecule has 1 saturated carbocycles. The maximum absolute atomic E-state index is 5.24. The van der Waals surface area contributed by atoms with Gasteiger partial charge in [0.15, 0.2) is 5.82 Å². The molecular formula is C13H20N4O. The van der Waals surface area contributed by atoms with Crippen molar-refractivity contribution in [3.05, 3.63) is 6.33 Å². The number of methoxy groups -OCH3 is 1. The van der Waals surface area contributed by atoms with Gasteiger partial charge in [-0.15, -0.1) is 0 Å². The largest absolute Gasteiger partial charge is 0.479 e. The van der Waals surface area contributed by atoms with E-state index in [-0.39, 0.29) is 0 Å². The second-order valence-electron chi connectivity index (χ2n) is 5.14. The number of rotatable bonds is 2. The van der Waals surface area contributed by atoms with Crippen LogP contribution in [0.4, 0.5) is 11.5 Å². The van der Waals surface area contributed by atoms with Crippen molar-refractivity contribution in [2.45, 2.75) is 38.1 Å². The Hall–Kier alpha value is -1.52. The molecule has 1 unspecified atom stereocenters. The molecule has 0 saturated heterocycles. The number of nitrogens with one attached hydrogen (secondary N) is 2. The van der Waals surface area contributed by atoms with Gasteiger partial charge in [0.2, 0.25) is 5.88 Å². The lowest BCUT2D eigenvalue weighted by Gasteiger charge is -2.35. The van der Waals surface area contributed by atoms with E-state index in [1.165, 1.54) is 32.1 Å². The van der Waals surface area contributed by atoms with Gasteiger partial charge in [-0.05, 0) is 18.8 Å². The minimum atomic E-state index is 0.484. The van der Waals surface area contributed by atoms with Crippen molar-refractivity contribution in [3.8, 4) is 5.88 Å². The molecule has 18 heavy (non-hydrogen) atoms. The van der Waals surface area contributed by atoms with Crippen molar-refractivity contribution in [1.82, 2.24) is 9.97 Å². The fraction of sp³-hybridized carbons (Fsp3) is 0.692. The van der Waals surface area contributed by atoms with Gasteiger partial charge in [0, 0.05) is 12.6 Å². The molecule has 1 aliphatic heterocycles. The summed E-state index contributed by atoms with van der Waals surface area (Å²) in [6, 6.07) is 0.484. The van der Waals surface area contributed by atoms with Crippen LogP contribution >= 0.6 is 0 Å². The molecule has 0 aromatic carbocycles. The van der Waals surface area contributed by atoms with Gasteiger partial charge in [0.1, 0.15) is 12.0 Å². The summed E-state index contributed by atoms with van der Waals surface area (Å²) in [6.07, 6.45) is 8.33. The molecule has 1 fully saturated rings. The summed E-state index contributed by atoms with van der Waals surface area (Å²) in [5, 5.41) is 6.96. The molecule has 0 radical (unpaired) electrons. The third kappa shape index (κ3) is 2.09. The number of anilines is 2. The van der Waals surface area contributed by atoms with E-state index >= 15 is 0 Å². The molecular weight excluding hydrogens is 228 g/mol. The molecule has 2 aliphatic rings. The Morgan fingerprint density at radius 1 is 1.22 bits per heavy atom. The predicted octanol–water partition coefficient (Wildman–Crippen LogP) is 2.27. The van der Waals surface area contributed by atoms with Gasteiger partial charge < -0.3 is 15.4 Å². The van der Waals surface area contributed by atoms with E-state index in [0.717, 1.165) is 24.0 Å². The molecule has 2 N–H and O–H groups in total. The smallest absolute Gasteiger partial charge is 0.242 e. The highest BCUT2D eigenvalue weighted by Crippen LogP contribution is 2.35. The first kappa shape index (κ1) is 11.6. The van der Waals surface area contributed by atoms with Crippen LogP contribution in [0.25, 0.3) is 0 Å². The van der Waals surface area contributed by atoms with Crippen molar-refractivity contribution < 1.29 is 4.74 Å². The quantitative estimate of drug-likeness (QED) is 0.840. The predicted molar refractivity (Wildman–Crippen MR) is 71.1 cm³/mol. The highest BCUT2D eigenvalue weighted by molar-refractivity contribution is 5.72. The standard InChI is InChI=1S/C13H20N4O/c1-18-13-11-12(15-8-16-13)17-10(7-14-11)9-5-3-2-4-6-9/h8-10,14H,2-7H2,1H3,(H,15,16,17). The molecule has 1 aromatic rings. The molecule has 5 heteroatoms. The molecule has 3 rings (SSSR count). The fourth-order valence-electron chi connectivity index (χ4n) is 3.05. The lowest BCUT2D eigenvalue weighted by molar-refractivity contribution is 0.320. The first-order chi connectivity index (χ1) is 8.88. The first-order valence-electron chi connectivity index (χ1n) is 6.78. The van der Waals surface area contributed by atoms with Crippen LogP contribution in [0.15, 0.2) is 6.33 Å². The Morgan fingerprint density at radius 2 is 2.06 bits per heavy atom. The van der Waals surface area contributed by atoms with Crippen molar-refractivity contribution >= 4 is 11.5 Å². The van der Waals surface area contributed by atoms with Gasteiger partial charge in [-0.1, -0.05) is 19.3 Å². The molecule has 0 bridgehead atoms. The average Bonchev–Trinajstić information content (AvgIpc) is 2.47. The van der Waals surface area contributed by atoms with E-state index in [9.17, 15) is 0 Å². The van der Waals surface area contributed by atoms with Crippen LogP contribution < -0.4 is 15.4 Å². The number of fused-ring (bicyclic) bond motifs is 1. The zero-order valence-electron chi connectivity index (χ0n) is 10.8. The molecule has 1 atom stereocenters. The summed E-state index contributed by atoms with van der Waals surface area (Å²) in [7, 11) is 1.64. The SMILES string of the molecule is COc1ncnc2c1NCC(C1CCCCC1)N2. The lowest BCUT2D eigenvalue weighted by Crippen LogP contribution is -2.40. The molecule has 0 amide bonds. The van der Waals surface area contributed by atoms with E-state index in [1.807, 2.05) is 0 Å². The summed E-state index contributed by atoms with van der Waals surface area (Å²) in [5.41, 5.74) is 0.895. The van der Waals surface area contributed by atoms with Crippen molar-refractivity contribution in [1.29, 1.82) is 0 Å². The molecule has 1 aliphatic carbocycles. The number of hydrogen-bond acceptors (Lipinski definition) is 5. The number of nitrogens with zero attached hydrogens (tertiary/aromatic N) is 2. The Balaban J connectivity index is 1.76. The number of ether oxygens (including phenoxy) is 1. The second-order valence-corrected chi connectivity index (χ2v) is 5.14. The van der Waals surface area contributed by atoms with Gasteiger partial charge >= 0.3 is 0 Å². The Morgan fingerprint density at radius 3 is 2.83 bits per heavy atom. The Bertz CT molecular complexity index is 417. The van der Waals surface area contributed by atoms with E-state index in [4.69, 9.17) is 4.74 Å². The summed E-state index contributed by atoms with van der Waals surface area (Å²) in [4.78, 5) is 8.42. The zero-order valence-corrected chi connectivity index (χ0v) is 10.8. The third-order valence-electron chi connectivity index (χ3n) is 4.05. The number of aromatic nitrogens is 2. The zero-order chi connectivity index (χ0) is 12.4. The highest BCUT2D eigenvalue weighted by atomic mass is 16.5. The van der Waals surface area contributed by atoms with Gasteiger partial charge in [-0.2, -0.15) is 4.98 Å². The molecule has 5 nitrogen and oxygen atoms in total. The van der Waals surface area contributed by atoms with Crippen LogP contribution in [0.1, 0.15) is 32.1 Å². The Labute approximate surface area is 107 Å². The van der Waals surface area contributed by atoms with Crippen LogP contribution in [-0.2, 0) is 0 Å². The monoisotopic (exact) mass is 248 g/mol. The minimum Gasteiger partial charge on any atom is -0.479 e. The third-order valence-corrected chi connectivity index (χ3v) is 4.05. The summed E-state index contributed by atoms with van der Waals surface area (Å²) < 4.78 is 5.24. The van der Waals surface area contributed by atoms with Crippen LogP contribution in [0, 0.1) is 5.92 Å². The number of hydrogen-bond donors (Lipinski definition) is 2. The first-order valence-corrected chi connectivity index (χ1v) is 6.78. The van der Waals surface area contributed by atoms with Crippen LogP contribution in [-0.4, -0.2) is 29.7 Å². The van der Waals surface area contributed by atoms with Gasteiger partial charge in [-0.25, -0.2) is 4.98 Å². The molecule has 2 heterocycles. The maximum Gasteiger partial charge on any atom is 0.242 e. The highest BCUT2D eigenvalue weighted by Gasteiger charge is 2.28. The lowest BCUT2D eigenvalue weighted by atomic mass is 9.83. The summed E-state index contributed by atoms with van der Waals surface area (Å²) in [5.74, 6) is 2.26.